The van der Waals surface area contributed by atoms with Gasteiger partial charge in [-0.2, -0.15) is 0 Å². The topological polar surface area (TPSA) is 71.3 Å². The first-order valence-electron chi connectivity index (χ1n) is 11.2. The van der Waals surface area contributed by atoms with E-state index < -0.39 is 6.04 Å². The number of halogens is 1. The zero-order valence-electron chi connectivity index (χ0n) is 18.2. The molecule has 6 rings (SSSR count). The highest BCUT2D eigenvalue weighted by molar-refractivity contribution is 6.31. The molecule has 0 spiro atoms. The largest absolute Gasteiger partial charge is 0.464 e. The average molecular weight is 469 g/mol. The monoisotopic (exact) mass is 468 g/mol. The Labute approximate surface area is 201 Å². The van der Waals surface area contributed by atoms with Gasteiger partial charge in [-0.1, -0.05) is 54.1 Å². The van der Waals surface area contributed by atoms with E-state index in [0.29, 0.717) is 40.0 Å². The molecule has 1 aliphatic heterocycles. The minimum atomic E-state index is -0.633. The minimum Gasteiger partial charge on any atom is -0.464 e. The lowest BCUT2D eigenvalue weighted by molar-refractivity contribution is -0.116. The van der Waals surface area contributed by atoms with Gasteiger partial charge in [0.05, 0.1) is 28.4 Å². The van der Waals surface area contributed by atoms with Crippen LogP contribution in [0.25, 0.3) is 11.0 Å². The molecule has 1 aliphatic carbocycles. The number of ketones is 1. The summed E-state index contributed by atoms with van der Waals surface area (Å²) in [5.74, 6) is -0.0668. The fourth-order valence-corrected chi connectivity index (χ4v) is 5.33. The molecule has 0 radical (unpaired) electrons. The molecule has 2 heterocycles. The number of rotatable bonds is 2. The van der Waals surface area contributed by atoms with Gasteiger partial charge in [-0.05, 0) is 48.2 Å². The lowest BCUT2D eigenvalue weighted by Crippen LogP contribution is -2.29. The van der Waals surface area contributed by atoms with E-state index in [-0.39, 0.29) is 17.1 Å². The number of fused-ring (bicyclic) bond motifs is 2. The molecule has 2 atom stereocenters. The van der Waals surface area contributed by atoms with Crippen molar-refractivity contribution in [2.24, 2.45) is 0 Å². The van der Waals surface area contributed by atoms with Gasteiger partial charge < -0.3 is 15.1 Å². The van der Waals surface area contributed by atoms with E-state index in [1.807, 2.05) is 60.7 Å². The Morgan fingerprint density at radius 1 is 0.824 bits per heavy atom. The second-order valence-electron chi connectivity index (χ2n) is 8.71. The van der Waals surface area contributed by atoms with Gasteiger partial charge in [0.15, 0.2) is 11.2 Å². The molecule has 0 amide bonds. The molecule has 1 aromatic heterocycles. The summed E-state index contributed by atoms with van der Waals surface area (Å²) in [5, 5.41) is 8.09. The SMILES string of the molecule is O=C1CC(c2ccccc2Cl)CC2=C1C(c1coc3ccccc3c1=O)Nc1ccccc1N2. The molecule has 2 unspecified atom stereocenters. The molecule has 6 heteroatoms. The summed E-state index contributed by atoms with van der Waals surface area (Å²) < 4.78 is 5.82. The summed E-state index contributed by atoms with van der Waals surface area (Å²) in [4.78, 5) is 27.2. The van der Waals surface area contributed by atoms with Crippen LogP contribution in [0.15, 0.2) is 99.5 Å². The van der Waals surface area contributed by atoms with E-state index in [1.54, 1.807) is 12.1 Å². The molecule has 0 saturated heterocycles. The molecule has 4 aromatic rings. The van der Waals surface area contributed by atoms with Crippen LogP contribution in [-0.2, 0) is 4.79 Å². The lowest BCUT2D eigenvalue weighted by atomic mass is 9.78. The van der Waals surface area contributed by atoms with Crippen LogP contribution in [0.4, 0.5) is 11.4 Å². The van der Waals surface area contributed by atoms with E-state index in [4.69, 9.17) is 16.0 Å². The van der Waals surface area contributed by atoms with Crippen molar-refractivity contribution in [2.75, 3.05) is 10.6 Å². The van der Waals surface area contributed by atoms with Gasteiger partial charge in [0.1, 0.15) is 11.8 Å². The van der Waals surface area contributed by atoms with Crippen LogP contribution in [0.2, 0.25) is 5.02 Å². The number of benzene rings is 3. The van der Waals surface area contributed by atoms with E-state index in [2.05, 4.69) is 10.6 Å². The number of anilines is 2. The highest BCUT2D eigenvalue weighted by Crippen LogP contribution is 2.44. The number of allylic oxidation sites excluding steroid dienone is 1. The molecule has 34 heavy (non-hydrogen) atoms. The number of nitrogens with one attached hydrogen (secondary N) is 2. The summed E-state index contributed by atoms with van der Waals surface area (Å²) in [6.45, 7) is 0. The van der Waals surface area contributed by atoms with Crippen LogP contribution >= 0.6 is 11.6 Å². The van der Waals surface area contributed by atoms with Crippen molar-refractivity contribution in [2.45, 2.75) is 24.8 Å². The molecule has 2 N–H and O–H groups in total. The molecule has 5 nitrogen and oxygen atoms in total. The van der Waals surface area contributed by atoms with Crippen molar-refractivity contribution in [3.63, 3.8) is 0 Å². The Morgan fingerprint density at radius 3 is 2.41 bits per heavy atom. The van der Waals surface area contributed by atoms with Crippen LogP contribution in [-0.4, -0.2) is 5.78 Å². The van der Waals surface area contributed by atoms with Crippen molar-refractivity contribution in [1.29, 1.82) is 0 Å². The first kappa shape index (κ1) is 20.8. The maximum Gasteiger partial charge on any atom is 0.198 e. The smallest absolute Gasteiger partial charge is 0.198 e. The van der Waals surface area contributed by atoms with Crippen molar-refractivity contribution in [3.05, 3.63) is 117 Å². The van der Waals surface area contributed by atoms with Crippen molar-refractivity contribution in [3.8, 4) is 0 Å². The molecule has 168 valence electrons. The third-order valence-corrected chi connectivity index (χ3v) is 7.02. The summed E-state index contributed by atoms with van der Waals surface area (Å²) in [6.07, 6.45) is 2.41. The highest BCUT2D eigenvalue weighted by Gasteiger charge is 2.37. The predicted molar refractivity (Wildman–Crippen MR) is 134 cm³/mol. The van der Waals surface area contributed by atoms with Crippen LogP contribution in [0, 0.1) is 0 Å². The second-order valence-corrected chi connectivity index (χ2v) is 9.11. The predicted octanol–water partition coefficient (Wildman–Crippen LogP) is 6.43. The summed E-state index contributed by atoms with van der Waals surface area (Å²) in [7, 11) is 0. The maximum atomic E-state index is 13.7. The minimum absolute atomic E-state index is 0.0171. The normalized spacial score (nSPS) is 19.6. The van der Waals surface area contributed by atoms with Gasteiger partial charge in [0.25, 0.3) is 0 Å². The molecule has 0 saturated carbocycles. The Balaban J connectivity index is 1.53. The van der Waals surface area contributed by atoms with Gasteiger partial charge in [0, 0.05) is 22.7 Å². The summed E-state index contributed by atoms with van der Waals surface area (Å²) in [6, 6.07) is 21.9. The number of hydrogen-bond acceptors (Lipinski definition) is 5. The molecular formula is C28H21ClN2O3. The molecular weight excluding hydrogens is 448 g/mol. The first-order chi connectivity index (χ1) is 16.6. The third kappa shape index (κ3) is 3.40. The quantitative estimate of drug-likeness (QED) is 0.355. The van der Waals surface area contributed by atoms with Crippen molar-refractivity contribution < 1.29 is 9.21 Å². The second kappa shape index (κ2) is 8.19. The highest BCUT2D eigenvalue weighted by atomic mass is 35.5. The van der Waals surface area contributed by atoms with Gasteiger partial charge >= 0.3 is 0 Å². The van der Waals surface area contributed by atoms with Gasteiger partial charge in [-0.15, -0.1) is 0 Å². The van der Waals surface area contributed by atoms with E-state index in [1.165, 1.54) is 6.26 Å². The van der Waals surface area contributed by atoms with Crippen LogP contribution < -0.4 is 16.1 Å². The third-order valence-electron chi connectivity index (χ3n) is 6.67. The van der Waals surface area contributed by atoms with Gasteiger partial charge in [-0.25, -0.2) is 0 Å². The Morgan fingerprint density at radius 2 is 1.56 bits per heavy atom. The first-order valence-corrected chi connectivity index (χ1v) is 11.6. The van der Waals surface area contributed by atoms with Gasteiger partial charge in [-0.3, -0.25) is 9.59 Å². The number of hydrogen-bond donors (Lipinski definition) is 2. The number of carbonyl (C=O) groups excluding carboxylic acids is 1. The van der Waals surface area contributed by atoms with Crippen LogP contribution in [0.5, 0.6) is 0 Å². The fourth-order valence-electron chi connectivity index (χ4n) is 5.04. The molecule has 2 aliphatic rings. The maximum absolute atomic E-state index is 13.7. The van der Waals surface area contributed by atoms with Gasteiger partial charge in [0.2, 0.25) is 0 Å². The summed E-state index contributed by atoms with van der Waals surface area (Å²) >= 11 is 6.48. The van der Waals surface area contributed by atoms with Crippen molar-refractivity contribution in [1.82, 2.24) is 0 Å². The molecule has 0 fully saturated rings. The molecule has 0 bridgehead atoms. The molecule has 3 aromatic carbocycles. The number of Topliss-reactive ketones (excluding diaryl/α,β-unsaturated/α-hetero) is 1. The lowest BCUT2D eigenvalue weighted by Gasteiger charge is -2.30. The Kier molecular flexibility index (Phi) is 5.00. The van der Waals surface area contributed by atoms with E-state index in [0.717, 1.165) is 22.6 Å². The number of para-hydroxylation sites is 3. The average Bonchev–Trinajstić information content (AvgIpc) is 3.01. The Bertz CT molecular complexity index is 1540. The number of carbonyl (C=O) groups is 1. The zero-order valence-corrected chi connectivity index (χ0v) is 18.9. The summed E-state index contributed by atoms with van der Waals surface area (Å²) in [5.41, 5.74) is 4.79. The van der Waals surface area contributed by atoms with E-state index >= 15 is 0 Å². The zero-order chi connectivity index (χ0) is 23.2. The van der Waals surface area contributed by atoms with Crippen LogP contribution in [0.3, 0.4) is 0 Å². The van der Waals surface area contributed by atoms with Crippen molar-refractivity contribution >= 4 is 39.7 Å². The van der Waals surface area contributed by atoms with Crippen LogP contribution in [0.1, 0.15) is 35.9 Å². The Hall–Kier alpha value is -3.83. The fraction of sp³-hybridized carbons (Fsp3) is 0.143. The standard InChI is InChI=1S/C28H21ClN2O3/c29-20-9-3-1-7-17(20)16-13-23-26(24(32)14-16)27(31-22-11-5-4-10-21(22)30-23)19-15-34-25-12-6-2-8-18(25)28(19)33/h1-12,15-16,27,30-31H,13-14H2. The van der Waals surface area contributed by atoms with E-state index in [9.17, 15) is 9.59 Å².